The van der Waals surface area contributed by atoms with E-state index in [9.17, 15) is 9.18 Å². The van der Waals surface area contributed by atoms with E-state index in [0.717, 1.165) is 58.4 Å². The minimum absolute atomic E-state index is 0.106. The number of hydrogen-bond donors (Lipinski definition) is 1. The largest absolute Gasteiger partial charge is 0.451 e. The van der Waals surface area contributed by atoms with Crippen molar-refractivity contribution in [3.63, 3.8) is 0 Å². The van der Waals surface area contributed by atoms with Gasteiger partial charge in [0.1, 0.15) is 17.9 Å². The third-order valence-electron chi connectivity index (χ3n) is 8.82. The molecule has 4 saturated heterocycles. The quantitative estimate of drug-likeness (QED) is 0.577. The number of piperidine rings is 1. The second kappa shape index (κ2) is 11.6. The summed E-state index contributed by atoms with van der Waals surface area (Å²) in [5.41, 5.74) is 6.41. The van der Waals surface area contributed by atoms with Gasteiger partial charge < -0.3 is 34.6 Å². The Morgan fingerprint density at radius 1 is 1.18 bits per heavy atom. The lowest BCUT2D eigenvalue weighted by Gasteiger charge is -2.54. The van der Waals surface area contributed by atoms with Crippen LogP contribution in [0, 0.1) is 11.2 Å². The zero-order chi connectivity index (χ0) is 27.7. The van der Waals surface area contributed by atoms with E-state index in [-0.39, 0.29) is 34.7 Å². The molecule has 0 aliphatic carbocycles. The molecule has 216 valence electrons. The summed E-state index contributed by atoms with van der Waals surface area (Å²) in [6, 6.07) is 4.12. The Labute approximate surface area is 234 Å². The van der Waals surface area contributed by atoms with Crippen LogP contribution in [-0.4, -0.2) is 103 Å². The number of amides is 1. The van der Waals surface area contributed by atoms with Crippen molar-refractivity contribution in [2.75, 3.05) is 64.0 Å². The Kier molecular flexibility index (Phi) is 7.89. The molecule has 5 heterocycles. The van der Waals surface area contributed by atoms with E-state index in [4.69, 9.17) is 19.9 Å². The van der Waals surface area contributed by atoms with E-state index in [1.54, 1.807) is 11.1 Å². The molecule has 0 unspecified atom stereocenters. The topological polar surface area (TPSA) is 106 Å². The zero-order valence-electron chi connectivity index (χ0n) is 23.1. The van der Waals surface area contributed by atoms with Crippen molar-refractivity contribution in [3.05, 3.63) is 42.1 Å². The summed E-state index contributed by atoms with van der Waals surface area (Å²) in [7, 11) is 0. The van der Waals surface area contributed by atoms with Crippen LogP contribution in [0.2, 0.25) is 0 Å². The third kappa shape index (κ3) is 5.79. The highest BCUT2D eigenvalue weighted by Gasteiger charge is 2.46. The molecule has 10 nitrogen and oxygen atoms in total. The average Bonchev–Trinajstić information content (AvgIpc) is 2.95. The summed E-state index contributed by atoms with van der Waals surface area (Å²) >= 11 is 0. The Morgan fingerprint density at radius 2 is 2.00 bits per heavy atom. The standard InChI is InChI=1S/C29H39FN6O4/c1-20-15-38-11-10-36(20)28(37)24-12-21(30)2-5-25(24)40-26-13-32-19-33-27(26)35-17-29(18-35)6-8-34(9-7-29)14-23-4-3-22(31)16-39-23/h2,5,12-13,19-20,22-23H,3-4,6-11,14-18,31H2,1H3/t20-,22+,23-/m0/s1. The third-order valence-corrected chi connectivity index (χ3v) is 8.82. The van der Waals surface area contributed by atoms with Gasteiger partial charge in [-0.15, -0.1) is 0 Å². The molecule has 1 spiro atoms. The first kappa shape index (κ1) is 27.3. The van der Waals surface area contributed by atoms with Crippen LogP contribution in [0.3, 0.4) is 0 Å². The number of anilines is 1. The normalized spacial score (nSPS) is 26.9. The van der Waals surface area contributed by atoms with Crippen LogP contribution < -0.4 is 15.4 Å². The summed E-state index contributed by atoms with van der Waals surface area (Å²) in [4.78, 5) is 28.5. The number of likely N-dealkylation sites (tertiary alicyclic amines) is 1. The predicted molar refractivity (Wildman–Crippen MR) is 147 cm³/mol. The van der Waals surface area contributed by atoms with Gasteiger partial charge in [-0.25, -0.2) is 14.4 Å². The summed E-state index contributed by atoms with van der Waals surface area (Å²) < 4.78 is 31.9. The van der Waals surface area contributed by atoms with E-state index in [1.807, 2.05) is 6.92 Å². The molecule has 0 radical (unpaired) electrons. The van der Waals surface area contributed by atoms with Gasteiger partial charge in [0, 0.05) is 37.6 Å². The lowest BCUT2D eigenvalue weighted by molar-refractivity contribution is -0.0277. The molecule has 4 aliphatic rings. The van der Waals surface area contributed by atoms with E-state index in [1.165, 1.54) is 24.5 Å². The number of carbonyl (C=O) groups excluding carboxylic acids is 1. The minimum Gasteiger partial charge on any atom is -0.451 e. The van der Waals surface area contributed by atoms with Crippen LogP contribution in [0.25, 0.3) is 0 Å². The highest BCUT2D eigenvalue weighted by Crippen LogP contribution is 2.45. The number of hydrogen-bond acceptors (Lipinski definition) is 9. The molecule has 2 N–H and O–H groups in total. The lowest BCUT2D eigenvalue weighted by Crippen LogP contribution is -2.61. The SMILES string of the molecule is C[C@H]1COCCN1C(=O)c1cc(F)ccc1Oc1cncnc1N1CC2(CCN(C[C@@H]3CC[C@@H](N)CO3)CC2)C1. The minimum atomic E-state index is -0.490. The van der Waals surface area contributed by atoms with Crippen molar-refractivity contribution >= 4 is 11.7 Å². The number of aromatic nitrogens is 2. The molecule has 6 rings (SSSR count). The van der Waals surface area contributed by atoms with Crippen molar-refractivity contribution in [3.8, 4) is 11.5 Å². The van der Waals surface area contributed by atoms with Gasteiger partial charge in [0.05, 0.1) is 43.7 Å². The highest BCUT2D eigenvalue weighted by molar-refractivity contribution is 5.97. The number of halogens is 1. The molecule has 1 aromatic heterocycles. The van der Waals surface area contributed by atoms with Gasteiger partial charge in [-0.2, -0.15) is 0 Å². The summed E-state index contributed by atoms with van der Waals surface area (Å²) in [6.07, 6.45) is 7.76. The molecule has 1 aromatic carbocycles. The van der Waals surface area contributed by atoms with Crippen LogP contribution in [0.5, 0.6) is 11.5 Å². The Morgan fingerprint density at radius 3 is 2.75 bits per heavy atom. The number of ether oxygens (including phenoxy) is 3. The molecule has 3 atom stereocenters. The fourth-order valence-electron chi connectivity index (χ4n) is 6.38. The fourth-order valence-corrected chi connectivity index (χ4v) is 6.38. The Hall–Kier alpha value is -2.86. The van der Waals surface area contributed by atoms with E-state index >= 15 is 0 Å². The lowest BCUT2D eigenvalue weighted by atomic mass is 9.72. The van der Waals surface area contributed by atoms with Crippen molar-refractivity contribution in [2.24, 2.45) is 11.1 Å². The zero-order valence-corrected chi connectivity index (χ0v) is 23.1. The fraction of sp³-hybridized carbons (Fsp3) is 0.621. The Bertz CT molecular complexity index is 1190. The molecular weight excluding hydrogens is 515 g/mol. The van der Waals surface area contributed by atoms with Crippen molar-refractivity contribution in [2.45, 2.75) is 50.8 Å². The van der Waals surface area contributed by atoms with Gasteiger partial charge in [-0.3, -0.25) is 4.79 Å². The van der Waals surface area contributed by atoms with Gasteiger partial charge in [0.25, 0.3) is 5.91 Å². The van der Waals surface area contributed by atoms with E-state index in [0.29, 0.717) is 44.0 Å². The first-order valence-corrected chi connectivity index (χ1v) is 14.4. The summed E-state index contributed by atoms with van der Waals surface area (Å²) in [5.74, 6) is 0.668. The van der Waals surface area contributed by atoms with Crippen LogP contribution in [0.15, 0.2) is 30.7 Å². The van der Waals surface area contributed by atoms with Crippen molar-refractivity contribution in [1.29, 1.82) is 0 Å². The smallest absolute Gasteiger partial charge is 0.258 e. The molecule has 1 amide bonds. The second-order valence-corrected chi connectivity index (χ2v) is 11.8. The first-order valence-electron chi connectivity index (χ1n) is 14.4. The summed E-state index contributed by atoms with van der Waals surface area (Å²) in [6.45, 7) is 8.84. The van der Waals surface area contributed by atoms with Crippen LogP contribution in [0.4, 0.5) is 10.2 Å². The van der Waals surface area contributed by atoms with Crippen molar-refractivity contribution < 1.29 is 23.4 Å². The predicted octanol–water partition coefficient (Wildman–Crippen LogP) is 2.68. The van der Waals surface area contributed by atoms with Crippen molar-refractivity contribution in [1.82, 2.24) is 19.8 Å². The molecule has 0 saturated carbocycles. The number of morpholine rings is 1. The first-order chi connectivity index (χ1) is 19.4. The average molecular weight is 555 g/mol. The van der Waals surface area contributed by atoms with Gasteiger partial charge in [0.2, 0.25) is 0 Å². The molecule has 2 aromatic rings. The maximum absolute atomic E-state index is 14.3. The van der Waals surface area contributed by atoms with Gasteiger partial charge in [-0.1, -0.05) is 0 Å². The summed E-state index contributed by atoms with van der Waals surface area (Å²) in [5, 5.41) is 0. The number of nitrogens with two attached hydrogens (primary N) is 1. The highest BCUT2D eigenvalue weighted by atomic mass is 19.1. The maximum Gasteiger partial charge on any atom is 0.258 e. The van der Waals surface area contributed by atoms with Crippen LogP contribution in [0.1, 0.15) is 43.0 Å². The number of rotatable bonds is 6. The molecule has 4 aliphatic heterocycles. The molecule has 4 fully saturated rings. The molecule has 11 heteroatoms. The van der Waals surface area contributed by atoms with Crippen LogP contribution in [-0.2, 0) is 9.47 Å². The van der Waals surface area contributed by atoms with Crippen LogP contribution >= 0.6 is 0 Å². The molecule has 0 bridgehead atoms. The van der Waals surface area contributed by atoms with E-state index in [2.05, 4.69) is 19.8 Å². The second-order valence-electron chi connectivity index (χ2n) is 11.8. The molecular formula is C29H39FN6O4. The molecule has 40 heavy (non-hydrogen) atoms. The van der Waals surface area contributed by atoms with Gasteiger partial charge in [0.15, 0.2) is 11.6 Å². The number of benzene rings is 1. The number of carbonyl (C=O) groups is 1. The van der Waals surface area contributed by atoms with Gasteiger partial charge >= 0.3 is 0 Å². The van der Waals surface area contributed by atoms with Gasteiger partial charge in [-0.05, 0) is 63.9 Å². The maximum atomic E-state index is 14.3. The monoisotopic (exact) mass is 554 g/mol. The number of nitrogens with zero attached hydrogens (tertiary/aromatic N) is 5. The Balaban J connectivity index is 1.10. The van der Waals surface area contributed by atoms with E-state index < -0.39 is 5.82 Å².